The van der Waals surface area contributed by atoms with Gasteiger partial charge in [-0.2, -0.15) is 0 Å². The van der Waals surface area contributed by atoms with Gasteiger partial charge in [0.2, 0.25) is 5.89 Å². The third-order valence-electron chi connectivity index (χ3n) is 5.11. The summed E-state index contributed by atoms with van der Waals surface area (Å²) >= 11 is 0. The van der Waals surface area contributed by atoms with Gasteiger partial charge in [0.25, 0.3) is 5.91 Å². The van der Waals surface area contributed by atoms with E-state index in [1.807, 2.05) is 0 Å². The monoisotopic (exact) mass is 445 g/mol. The van der Waals surface area contributed by atoms with E-state index in [1.165, 1.54) is 18.4 Å². The quantitative estimate of drug-likeness (QED) is 0.662. The van der Waals surface area contributed by atoms with Crippen LogP contribution in [0, 0.1) is 5.82 Å². The van der Waals surface area contributed by atoms with E-state index in [-0.39, 0.29) is 41.0 Å². The molecule has 1 N–H and O–H groups in total. The molecule has 162 valence electrons. The number of carbonyl (C=O) groups is 1. The number of fused-ring (bicyclic) bond motifs is 1. The van der Waals surface area contributed by atoms with Crippen molar-refractivity contribution in [3.05, 3.63) is 63.4 Å². The Morgan fingerprint density at radius 1 is 1.32 bits per heavy atom. The Balaban J connectivity index is 1.68. The first-order valence-electron chi connectivity index (χ1n) is 9.64. The molecular formula is C21H20FN3O5S. The van der Waals surface area contributed by atoms with E-state index in [2.05, 4.69) is 10.2 Å². The van der Waals surface area contributed by atoms with E-state index < -0.39 is 22.4 Å². The number of carbonyl (C=O) groups excluding carboxylic acids is 1. The molecule has 1 unspecified atom stereocenters. The lowest BCUT2D eigenvalue weighted by atomic mass is 10.0. The molecule has 31 heavy (non-hydrogen) atoms. The number of H-pyrrole nitrogens is 1. The van der Waals surface area contributed by atoms with Crippen LogP contribution in [-0.2, 0) is 23.8 Å². The molecule has 0 fully saturated rings. The van der Waals surface area contributed by atoms with Crippen LogP contribution < -0.4 is 10.5 Å². The fraction of sp³-hybridized carbons (Fsp3) is 0.286. The summed E-state index contributed by atoms with van der Waals surface area (Å²) in [6.07, 6.45) is 1.70. The van der Waals surface area contributed by atoms with Gasteiger partial charge in [0.05, 0.1) is 22.2 Å². The van der Waals surface area contributed by atoms with Crippen molar-refractivity contribution in [2.45, 2.75) is 24.8 Å². The SMILES string of the molecule is CCc1c(C(=O)N2CCOc3ccc(-c4n[nH]c(=O)o4)cc3C2)ccc(S(C)=O)c1F. The lowest BCUT2D eigenvalue weighted by Gasteiger charge is -2.22. The van der Waals surface area contributed by atoms with Crippen LogP contribution >= 0.6 is 0 Å². The average molecular weight is 445 g/mol. The molecule has 1 aliphatic heterocycles. The first-order valence-corrected chi connectivity index (χ1v) is 11.2. The van der Waals surface area contributed by atoms with Crippen LogP contribution in [0.4, 0.5) is 4.39 Å². The molecule has 1 aromatic heterocycles. The summed E-state index contributed by atoms with van der Waals surface area (Å²) in [5.41, 5.74) is 1.76. The Hall–Kier alpha value is -3.27. The van der Waals surface area contributed by atoms with Crippen LogP contribution in [0.3, 0.4) is 0 Å². The van der Waals surface area contributed by atoms with Crippen molar-refractivity contribution in [3.63, 3.8) is 0 Å². The second-order valence-corrected chi connectivity index (χ2v) is 8.38. The zero-order valence-corrected chi connectivity index (χ0v) is 17.8. The molecule has 1 aliphatic rings. The zero-order valence-electron chi connectivity index (χ0n) is 16.9. The molecule has 2 heterocycles. The van der Waals surface area contributed by atoms with Crippen molar-refractivity contribution in [1.82, 2.24) is 15.1 Å². The third kappa shape index (κ3) is 4.02. The number of ether oxygens (including phenoxy) is 1. The highest BCUT2D eigenvalue weighted by molar-refractivity contribution is 7.84. The zero-order chi connectivity index (χ0) is 22.1. The molecule has 8 nitrogen and oxygen atoms in total. The van der Waals surface area contributed by atoms with Crippen molar-refractivity contribution >= 4 is 16.7 Å². The van der Waals surface area contributed by atoms with Crippen molar-refractivity contribution < 1.29 is 22.5 Å². The summed E-state index contributed by atoms with van der Waals surface area (Å²) in [4.78, 5) is 26.2. The Morgan fingerprint density at radius 2 is 2.13 bits per heavy atom. The summed E-state index contributed by atoms with van der Waals surface area (Å²) in [5, 5.41) is 6.04. The van der Waals surface area contributed by atoms with Crippen molar-refractivity contribution in [2.75, 3.05) is 19.4 Å². The van der Waals surface area contributed by atoms with Crippen molar-refractivity contribution in [1.29, 1.82) is 0 Å². The molecule has 0 saturated carbocycles. The largest absolute Gasteiger partial charge is 0.491 e. The molecule has 10 heteroatoms. The molecule has 0 saturated heterocycles. The lowest BCUT2D eigenvalue weighted by molar-refractivity contribution is 0.0731. The van der Waals surface area contributed by atoms with Crippen LogP contribution in [-0.4, -0.2) is 44.6 Å². The van der Waals surface area contributed by atoms with Crippen LogP contribution in [0.25, 0.3) is 11.5 Å². The van der Waals surface area contributed by atoms with Gasteiger partial charge in [0.15, 0.2) is 0 Å². The highest BCUT2D eigenvalue weighted by Gasteiger charge is 2.26. The lowest BCUT2D eigenvalue weighted by Crippen LogP contribution is -2.33. The molecule has 0 bridgehead atoms. The van der Waals surface area contributed by atoms with Crippen LogP contribution in [0.5, 0.6) is 5.75 Å². The summed E-state index contributed by atoms with van der Waals surface area (Å²) in [5.74, 6) is -0.860. The number of nitrogens with zero attached hydrogens (tertiary/aromatic N) is 2. The van der Waals surface area contributed by atoms with Gasteiger partial charge in [-0.15, -0.1) is 5.10 Å². The van der Waals surface area contributed by atoms with E-state index in [0.717, 1.165) is 0 Å². The average Bonchev–Trinajstić information content (AvgIpc) is 3.07. The number of nitrogens with one attached hydrogen (secondary N) is 1. The van der Waals surface area contributed by atoms with Gasteiger partial charge in [0.1, 0.15) is 18.2 Å². The maximum absolute atomic E-state index is 14.8. The minimum absolute atomic E-state index is 0.0862. The second kappa shape index (κ2) is 8.46. The minimum atomic E-state index is -1.49. The number of hydrogen-bond donors (Lipinski definition) is 1. The third-order valence-corrected chi connectivity index (χ3v) is 6.05. The molecule has 1 amide bonds. The summed E-state index contributed by atoms with van der Waals surface area (Å²) in [6.45, 7) is 2.56. The normalized spacial score (nSPS) is 14.5. The predicted molar refractivity (Wildman–Crippen MR) is 111 cm³/mol. The highest BCUT2D eigenvalue weighted by Crippen LogP contribution is 2.29. The molecular weight excluding hydrogens is 425 g/mol. The summed E-state index contributed by atoms with van der Waals surface area (Å²) < 4.78 is 37.4. The van der Waals surface area contributed by atoms with Gasteiger partial charge >= 0.3 is 5.76 Å². The molecule has 2 aromatic carbocycles. The van der Waals surface area contributed by atoms with Crippen molar-refractivity contribution in [2.24, 2.45) is 0 Å². The summed E-state index contributed by atoms with van der Waals surface area (Å²) in [6, 6.07) is 8.12. The van der Waals surface area contributed by atoms with Gasteiger partial charge in [-0.1, -0.05) is 6.92 Å². The number of aromatic amines is 1. The maximum Gasteiger partial charge on any atom is 0.434 e. The first-order chi connectivity index (χ1) is 14.9. The molecule has 4 rings (SSSR count). The topological polar surface area (TPSA) is 106 Å². The number of hydrogen-bond acceptors (Lipinski definition) is 6. The number of amides is 1. The highest BCUT2D eigenvalue weighted by atomic mass is 32.2. The van der Waals surface area contributed by atoms with Gasteiger partial charge in [0, 0.05) is 35.1 Å². The Morgan fingerprint density at radius 3 is 2.81 bits per heavy atom. The second-order valence-electron chi connectivity index (χ2n) is 7.03. The van der Waals surface area contributed by atoms with E-state index in [0.29, 0.717) is 29.8 Å². The fourth-order valence-corrected chi connectivity index (χ4v) is 4.23. The fourth-order valence-electron chi connectivity index (χ4n) is 3.59. The first kappa shape index (κ1) is 21.0. The molecule has 1 atom stereocenters. The van der Waals surface area contributed by atoms with Crippen LogP contribution in [0.1, 0.15) is 28.4 Å². The van der Waals surface area contributed by atoms with E-state index in [4.69, 9.17) is 9.15 Å². The molecule has 0 spiro atoms. The Kier molecular flexibility index (Phi) is 5.73. The molecule has 3 aromatic rings. The molecule has 0 radical (unpaired) electrons. The van der Waals surface area contributed by atoms with E-state index in [1.54, 1.807) is 30.0 Å². The maximum atomic E-state index is 14.8. The smallest absolute Gasteiger partial charge is 0.434 e. The Labute approximate surface area is 179 Å². The summed E-state index contributed by atoms with van der Waals surface area (Å²) in [7, 11) is -1.49. The number of rotatable bonds is 4. The van der Waals surface area contributed by atoms with Crippen molar-refractivity contribution in [3.8, 4) is 17.2 Å². The van der Waals surface area contributed by atoms with E-state index >= 15 is 0 Å². The van der Waals surface area contributed by atoms with Gasteiger partial charge in [-0.25, -0.2) is 14.3 Å². The predicted octanol–water partition coefficient (Wildman–Crippen LogP) is 2.50. The molecule has 0 aliphatic carbocycles. The van der Waals surface area contributed by atoms with Crippen LogP contribution in [0.2, 0.25) is 0 Å². The van der Waals surface area contributed by atoms with Gasteiger partial charge in [-0.3, -0.25) is 9.00 Å². The van der Waals surface area contributed by atoms with Crippen LogP contribution in [0.15, 0.2) is 44.4 Å². The number of aromatic nitrogens is 2. The standard InChI is InChI=1S/C21H20FN3O5S/c1-3-14-15(5-7-17(18(14)22)31(2)28)20(26)25-8-9-29-16-6-4-12(10-13(16)11-25)19-23-24-21(27)30-19/h4-7,10H,3,8-9,11H2,1-2H3,(H,24,27). The minimum Gasteiger partial charge on any atom is -0.491 e. The number of benzene rings is 2. The van der Waals surface area contributed by atoms with E-state index in [9.17, 15) is 18.2 Å². The number of halogens is 1. The van der Waals surface area contributed by atoms with Gasteiger partial charge in [-0.05, 0) is 36.8 Å². The van der Waals surface area contributed by atoms with Gasteiger partial charge < -0.3 is 14.1 Å². The Bertz CT molecular complexity index is 1240.